The van der Waals surface area contributed by atoms with E-state index in [0.29, 0.717) is 19.5 Å². The van der Waals surface area contributed by atoms with Gasteiger partial charge in [-0.15, -0.1) is 0 Å². The van der Waals surface area contributed by atoms with Crippen molar-refractivity contribution in [3.63, 3.8) is 0 Å². The van der Waals surface area contributed by atoms with Crippen LogP contribution in [0.3, 0.4) is 0 Å². The lowest BCUT2D eigenvalue weighted by molar-refractivity contribution is -0.155. The lowest BCUT2D eigenvalue weighted by atomic mass is 9.94. The highest BCUT2D eigenvalue weighted by atomic mass is 16.5. The molecule has 4 rings (SSSR count). The van der Waals surface area contributed by atoms with E-state index in [0.717, 1.165) is 41.5 Å². The first kappa shape index (κ1) is 36.4. The molecular formula is C37H50N4O7. The number of ether oxygens (including phenoxy) is 1. The Hall–Kier alpha value is -4.41. The van der Waals surface area contributed by atoms with Crippen LogP contribution in [0.1, 0.15) is 76.8 Å². The van der Waals surface area contributed by atoms with E-state index < -0.39 is 54.3 Å². The average Bonchev–Trinajstić information content (AvgIpc) is 3.40. The highest BCUT2D eigenvalue weighted by Crippen LogP contribution is 2.44. The van der Waals surface area contributed by atoms with Crippen molar-refractivity contribution in [1.29, 1.82) is 0 Å². The number of rotatable bonds is 13. The molecule has 0 bridgehead atoms. The predicted molar refractivity (Wildman–Crippen MR) is 182 cm³/mol. The van der Waals surface area contributed by atoms with Gasteiger partial charge in [-0.1, -0.05) is 82.6 Å². The minimum Gasteiger partial charge on any atom is -0.481 e. The van der Waals surface area contributed by atoms with Gasteiger partial charge in [0.1, 0.15) is 24.7 Å². The van der Waals surface area contributed by atoms with Gasteiger partial charge in [-0.3, -0.25) is 19.2 Å². The van der Waals surface area contributed by atoms with Crippen molar-refractivity contribution in [3.8, 4) is 11.1 Å². The zero-order chi connectivity index (χ0) is 35.1. The SMILES string of the molecule is CC[C@H](C)[C@H](NC(=O)OCC1c2ccccc2-c2ccccc21)C(=O)N(C)[C@@H](C(=O)N(C)[C@@H](CC(=O)O)C(=O)N1CCCCC1)C(C)C. The number of alkyl carbamates (subject to hydrolysis) is 1. The van der Waals surface area contributed by atoms with Gasteiger partial charge in [0.25, 0.3) is 0 Å². The molecule has 11 nitrogen and oxygen atoms in total. The lowest BCUT2D eigenvalue weighted by Gasteiger charge is -2.39. The second kappa shape index (κ2) is 16.1. The Morgan fingerprint density at radius 2 is 1.44 bits per heavy atom. The van der Waals surface area contributed by atoms with Crippen LogP contribution < -0.4 is 5.32 Å². The summed E-state index contributed by atoms with van der Waals surface area (Å²) in [4.78, 5) is 70.8. The van der Waals surface area contributed by atoms with E-state index in [2.05, 4.69) is 17.4 Å². The summed E-state index contributed by atoms with van der Waals surface area (Å²) in [5.74, 6) is -3.43. The standard InChI is InChI=1S/C37H50N4O7/c1-7-24(4)32(38-37(47)48-22-29-27-17-11-9-15-25(27)26-16-10-12-18-28(26)29)35(45)40(6)33(23(2)3)36(46)39(5)30(21-31(42)43)34(44)41-19-13-8-14-20-41/h9-12,15-18,23-24,29-30,32-33H,7-8,13-14,19-22H2,1-6H3,(H,38,47)(H,42,43)/t24-,30-,32-,33+/m0/s1. The number of aliphatic carboxylic acids is 1. The zero-order valence-electron chi connectivity index (χ0n) is 29.0. The Bertz CT molecular complexity index is 1440. The number of likely N-dealkylation sites (tertiary alicyclic amines) is 1. The predicted octanol–water partition coefficient (Wildman–Crippen LogP) is 4.74. The zero-order valence-corrected chi connectivity index (χ0v) is 29.0. The number of amides is 4. The average molecular weight is 663 g/mol. The highest BCUT2D eigenvalue weighted by Gasteiger charge is 2.41. The summed E-state index contributed by atoms with van der Waals surface area (Å²) < 4.78 is 5.75. The van der Waals surface area contributed by atoms with E-state index in [-0.39, 0.29) is 24.4 Å². The van der Waals surface area contributed by atoms with Crippen LogP contribution in [-0.4, -0.2) is 102 Å². The molecule has 260 valence electrons. The Morgan fingerprint density at radius 1 is 0.875 bits per heavy atom. The summed E-state index contributed by atoms with van der Waals surface area (Å²) in [6.45, 7) is 8.45. The second-order valence-electron chi connectivity index (χ2n) is 13.4. The Labute approximate surface area is 283 Å². The molecule has 4 amide bonds. The summed E-state index contributed by atoms with van der Waals surface area (Å²) in [7, 11) is 2.93. The molecule has 0 spiro atoms. The molecular weight excluding hydrogens is 612 g/mol. The molecule has 1 heterocycles. The quantitative estimate of drug-likeness (QED) is 0.316. The van der Waals surface area contributed by atoms with E-state index in [1.54, 1.807) is 18.7 Å². The van der Waals surface area contributed by atoms with Gasteiger partial charge in [0.15, 0.2) is 0 Å². The number of hydrogen-bond donors (Lipinski definition) is 2. The minimum atomic E-state index is -1.21. The van der Waals surface area contributed by atoms with Crippen LogP contribution in [0.4, 0.5) is 4.79 Å². The number of nitrogens with one attached hydrogen (secondary N) is 1. The fraction of sp³-hybridized carbons (Fsp3) is 0.541. The highest BCUT2D eigenvalue weighted by molar-refractivity contribution is 5.95. The minimum absolute atomic E-state index is 0.0883. The topological polar surface area (TPSA) is 137 Å². The van der Waals surface area contributed by atoms with Crippen LogP contribution in [0.2, 0.25) is 0 Å². The summed E-state index contributed by atoms with van der Waals surface area (Å²) in [5.41, 5.74) is 4.36. The molecule has 1 aliphatic carbocycles. The third-order valence-corrected chi connectivity index (χ3v) is 9.88. The molecule has 0 unspecified atom stereocenters. The van der Waals surface area contributed by atoms with Crippen molar-refractivity contribution in [2.24, 2.45) is 11.8 Å². The summed E-state index contributed by atoms with van der Waals surface area (Å²) in [6.07, 6.45) is 1.93. The van der Waals surface area contributed by atoms with Crippen LogP contribution in [0.15, 0.2) is 48.5 Å². The number of piperidine rings is 1. The number of benzene rings is 2. The number of nitrogens with zero attached hydrogens (tertiary/aromatic N) is 3. The first-order valence-electron chi connectivity index (χ1n) is 17.0. The van der Waals surface area contributed by atoms with E-state index in [4.69, 9.17) is 4.74 Å². The number of carboxylic acid groups (broad SMARTS) is 1. The van der Waals surface area contributed by atoms with Crippen LogP contribution in [-0.2, 0) is 23.9 Å². The molecule has 48 heavy (non-hydrogen) atoms. The Morgan fingerprint density at radius 3 is 1.96 bits per heavy atom. The number of fused-ring (bicyclic) bond motifs is 3. The third-order valence-electron chi connectivity index (χ3n) is 9.88. The molecule has 0 saturated carbocycles. The molecule has 0 aromatic heterocycles. The maximum atomic E-state index is 14.1. The summed E-state index contributed by atoms with van der Waals surface area (Å²) >= 11 is 0. The van der Waals surface area contributed by atoms with Crippen LogP contribution in [0, 0.1) is 11.8 Å². The molecule has 11 heteroatoms. The molecule has 2 aliphatic rings. The smallest absolute Gasteiger partial charge is 0.407 e. The summed E-state index contributed by atoms with van der Waals surface area (Å²) in [5, 5.41) is 12.4. The lowest BCUT2D eigenvalue weighted by Crippen LogP contribution is -2.60. The van der Waals surface area contributed by atoms with Crippen LogP contribution >= 0.6 is 0 Å². The number of carbonyl (C=O) groups excluding carboxylic acids is 4. The molecule has 1 fully saturated rings. The van der Waals surface area contributed by atoms with Crippen molar-refractivity contribution in [3.05, 3.63) is 59.7 Å². The monoisotopic (exact) mass is 662 g/mol. The first-order valence-corrected chi connectivity index (χ1v) is 17.0. The molecule has 0 radical (unpaired) electrons. The van der Waals surface area contributed by atoms with Crippen molar-refractivity contribution in [2.75, 3.05) is 33.8 Å². The molecule has 1 saturated heterocycles. The van der Waals surface area contributed by atoms with E-state index in [1.165, 1.54) is 23.9 Å². The Balaban J connectivity index is 1.48. The van der Waals surface area contributed by atoms with Crippen LogP contribution in [0.5, 0.6) is 0 Å². The Kier molecular flexibility index (Phi) is 12.2. The number of hydrogen-bond acceptors (Lipinski definition) is 6. The van der Waals surface area contributed by atoms with Gasteiger partial charge in [-0.2, -0.15) is 0 Å². The van der Waals surface area contributed by atoms with Gasteiger partial charge in [-0.25, -0.2) is 4.79 Å². The number of likely N-dealkylation sites (N-methyl/N-ethyl adjacent to an activating group) is 2. The van der Waals surface area contributed by atoms with E-state index >= 15 is 0 Å². The van der Waals surface area contributed by atoms with Crippen LogP contribution in [0.25, 0.3) is 11.1 Å². The van der Waals surface area contributed by atoms with Gasteiger partial charge in [0.2, 0.25) is 17.7 Å². The van der Waals surface area contributed by atoms with Gasteiger partial charge < -0.3 is 29.9 Å². The maximum Gasteiger partial charge on any atom is 0.407 e. The van der Waals surface area contributed by atoms with Gasteiger partial charge in [0.05, 0.1) is 6.42 Å². The van der Waals surface area contributed by atoms with Crippen molar-refractivity contribution < 1.29 is 33.8 Å². The third kappa shape index (κ3) is 7.99. The fourth-order valence-corrected chi connectivity index (χ4v) is 6.95. The van der Waals surface area contributed by atoms with E-state index in [9.17, 15) is 29.1 Å². The van der Waals surface area contributed by atoms with Gasteiger partial charge in [0, 0.05) is 33.1 Å². The second-order valence-corrected chi connectivity index (χ2v) is 13.4. The molecule has 2 aromatic carbocycles. The largest absolute Gasteiger partial charge is 0.481 e. The molecule has 1 aliphatic heterocycles. The molecule has 4 atom stereocenters. The summed E-state index contributed by atoms with van der Waals surface area (Å²) in [6, 6.07) is 12.9. The van der Waals surface area contributed by atoms with Gasteiger partial charge >= 0.3 is 12.1 Å². The number of carboxylic acids is 1. The fourth-order valence-electron chi connectivity index (χ4n) is 6.95. The molecule has 2 aromatic rings. The maximum absolute atomic E-state index is 14.1. The van der Waals surface area contributed by atoms with Crippen molar-refractivity contribution in [1.82, 2.24) is 20.0 Å². The first-order chi connectivity index (χ1) is 22.9. The number of carbonyl (C=O) groups is 5. The van der Waals surface area contributed by atoms with Crippen molar-refractivity contribution >= 4 is 29.8 Å². The van der Waals surface area contributed by atoms with E-state index in [1.807, 2.05) is 50.2 Å². The normalized spacial score (nSPS) is 16.6. The van der Waals surface area contributed by atoms with Crippen molar-refractivity contribution in [2.45, 2.75) is 83.8 Å². The van der Waals surface area contributed by atoms with Gasteiger partial charge in [-0.05, 0) is 53.4 Å². The molecule has 2 N–H and O–H groups in total.